The van der Waals surface area contributed by atoms with Crippen LogP contribution in [0.25, 0.3) is 0 Å². The van der Waals surface area contributed by atoms with Gasteiger partial charge in [0.05, 0.1) is 25.4 Å². The van der Waals surface area contributed by atoms with E-state index in [1.807, 2.05) is 6.08 Å². The minimum absolute atomic E-state index is 0.191. The van der Waals surface area contributed by atoms with Gasteiger partial charge in [-0.2, -0.15) is 0 Å². The van der Waals surface area contributed by atoms with Crippen LogP contribution in [0.5, 0.6) is 0 Å². The van der Waals surface area contributed by atoms with Crippen LogP contribution in [0.1, 0.15) is 142 Å². The van der Waals surface area contributed by atoms with Gasteiger partial charge in [-0.1, -0.05) is 115 Å². The normalized spacial score (nSPS) is 23.6. The Balaban J connectivity index is 2.49. The second kappa shape index (κ2) is 27.8. The van der Waals surface area contributed by atoms with E-state index in [-0.39, 0.29) is 12.5 Å². The highest BCUT2D eigenvalue weighted by Gasteiger charge is 2.44. The lowest BCUT2D eigenvalue weighted by molar-refractivity contribution is -0.302. The predicted octanol–water partition coefficient (Wildman–Crippen LogP) is 5.60. The monoisotopic (exact) mass is 641 g/mol. The zero-order valence-electron chi connectivity index (χ0n) is 28.4. The molecule has 0 aromatic heterocycles. The molecule has 9 nitrogen and oxygen atoms in total. The van der Waals surface area contributed by atoms with E-state index >= 15 is 0 Å². The van der Waals surface area contributed by atoms with Gasteiger partial charge in [-0.15, -0.1) is 0 Å². The molecule has 0 aromatic rings. The van der Waals surface area contributed by atoms with Gasteiger partial charge in [0.1, 0.15) is 24.4 Å². The molecule has 0 spiro atoms. The minimum Gasteiger partial charge on any atom is -0.394 e. The average molecular weight is 642 g/mol. The number of nitrogens with one attached hydrogen (secondary N) is 1. The summed E-state index contributed by atoms with van der Waals surface area (Å²) in [5.41, 5.74) is 0. The number of unbranched alkanes of at least 4 members (excludes halogenated alkanes) is 16. The van der Waals surface area contributed by atoms with Crippen LogP contribution in [-0.2, 0) is 14.3 Å². The quantitative estimate of drug-likeness (QED) is 0.0478. The molecule has 1 aliphatic heterocycles. The van der Waals surface area contributed by atoms with Gasteiger partial charge < -0.3 is 40.3 Å². The third kappa shape index (κ3) is 19.8. The molecule has 1 fully saturated rings. The molecule has 9 heteroatoms. The Hall–Kier alpha value is -1.33. The lowest BCUT2D eigenvalue weighted by atomic mass is 9.99. The smallest absolute Gasteiger partial charge is 0.220 e. The molecule has 0 aromatic carbocycles. The summed E-state index contributed by atoms with van der Waals surface area (Å²) in [7, 11) is 0. The van der Waals surface area contributed by atoms with Crippen molar-refractivity contribution < 1.29 is 39.8 Å². The third-order valence-electron chi connectivity index (χ3n) is 8.52. The van der Waals surface area contributed by atoms with Crippen LogP contribution >= 0.6 is 0 Å². The topological polar surface area (TPSA) is 149 Å². The number of amides is 1. The third-order valence-corrected chi connectivity index (χ3v) is 8.52. The van der Waals surface area contributed by atoms with Crippen molar-refractivity contribution in [1.29, 1.82) is 0 Å². The van der Waals surface area contributed by atoms with Crippen molar-refractivity contribution >= 4 is 5.91 Å². The van der Waals surface area contributed by atoms with Crippen molar-refractivity contribution in [1.82, 2.24) is 5.32 Å². The fourth-order valence-electron chi connectivity index (χ4n) is 5.50. The molecular weight excluding hydrogens is 574 g/mol. The summed E-state index contributed by atoms with van der Waals surface area (Å²) in [5, 5.41) is 53.7. The number of carbonyl (C=O) groups is 1. The SMILES string of the molecule is CCCCCC/C=C\CCCCCCCC(=O)NC(COC1OC(CO)C(O)C(O)C1O)C(O)/C=C/CCCCCCCCC. The molecule has 0 radical (unpaired) electrons. The van der Waals surface area contributed by atoms with E-state index in [0.717, 1.165) is 57.8 Å². The van der Waals surface area contributed by atoms with Crippen LogP contribution in [0.3, 0.4) is 0 Å². The number of carbonyl (C=O) groups excluding carboxylic acids is 1. The highest BCUT2D eigenvalue weighted by Crippen LogP contribution is 2.22. The van der Waals surface area contributed by atoms with Crippen molar-refractivity contribution in [2.45, 2.75) is 185 Å². The molecule has 264 valence electrons. The number of hydrogen-bond donors (Lipinski definition) is 6. The first-order chi connectivity index (χ1) is 21.8. The molecule has 0 bridgehead atoms. The number of aliphatic hydroxyl groups excluding tert-OH is 5. The lowest BCUT2D eigenvalue weighted by Crippen LogP contribution is -2.60. The van der Waals surface area contributed by atoms with Crippen molar-refractivity contribution in [3.63, 3.8) is 0 Å². The Morgan fingerprint density at radius 1 is 0.733 bits per heavy atom. The second-order valence-electron chi connectivity index (χ2n) is 12.7. The van der Waals surface area contributed by atoms with Crippen LogP contribution in [0.2, 0.25) is 0 Å². The number of hydrogen-bond acceptors (Lipinski definition) is 8. The van der Waals surface area contributed by atoms with Crippen molar-refractivity contribution in [2.24, 2.45) is 0 Å². The summed E-state index contributed by atoms with van der Waals surface area (Å²) in [5.74, 6) is -0.192. The fraction of sp³-hybridized carbons (Fsp3) is 0.861. The summed E-state index contributed by atoms with van der Waals surface area (Å²) in [6.07, 6.45) is 22.2. The number of allylic oxidation sites excluding steroid dienone is 3. The van der Waals surface area contributed by atoms with E-state index < -0.39 is 49.5 Å². The van der Waals surface area contributed by atoms with E-state index in [0.29, 0.717) is 6.42 Å². The Bertz CT molecular complexity index is 761. The molecule has 6 N–H and O–H groups in total. The first kappa shape index (κ1) is 41.7. The molecule has 1 rings (SSSR count). The van der Waals surface area contributed by atoms with Crippen molar-refractivity contribution in [3.8, 4) is 0 Å². The summed E-state index contributed by atoms with van der Waals surface area (Å²) >= 11 is 0. The maximum atomic E-state index is 12.8. The van der Waals surface area contributed by atoms with Crippen LogP contribution in [0.15, 0.2) is 24.3 Å². The molecule has 7 unspecified atom stereocenters. The Morgan fingerprint density at radius 2 is 1.24 bits per heavy atom. The van der Waals surface area contributed by atoms with E-state index in [1.54, 1.807) is 6.08 Å². The van der Waals surface area contributed by atoms with Gasteiger partial charge >= 0.3 is 0 Å². The van der Waals surface area contributed by atoms with Gasteiger partial charge in [-0.3, -0.25) is 4.79 Å². The summed E-state index contributed by atoms with van der Waals surface area (Å²) < 4.78 is 11.1. The maximum absolute atomic E-state index is 12.8. The average Bonchev–Trinajstić information content (AvgIpc) is 3.04. The van der Waals surface area contributed by atoms with Gasteiger partial charge in [-0.05, 0) is 44.9 Å². The van der Waals surface area contributed by atoms with Gasteiger partial charge in [0, 0.05) is 6.42 Å². The molecule has 0 aliphatic carbocycles. The number of ether oxygens (including phenoxy) is 2. The molecular formula is C36H67NO8. The predicted molar refractivity (Wildman–Crippen MR) is 180 cm³/mol. The lowest BCUT2D eigenvalue weighted by Gasteiger charge is -2.40. The highest BCUT2D eigenvalue weighted by atomic mass is 16.7. The van der Waals surface area contributed by atoms with E-state index in [9.17, 15) is 30.3 Å². The molecule has 1 amide bonds. The van der Waals surface area contributed by atoms with Gasteiger partial charge in [0.2, 0.25) is 5.91 Å². The van der Waals surface area contributed by atoms with E-state index in [2.05, 4.69) is 31.3 Å². The molecule has 7 atom stereocenters. The molecule has 1 aliphatic rings. The standard InChI is InChI=1S/C36H67NO8/c1-3-5-7-9-11-13-14-15-16-18-20-22-24-26-32(40)37-29(30(39)25-23-21-19-17-12-10-8-6-4-2)28-44-36-35(43)34(42)33(41)31(27-38)45-36/h13-14,23,25,29-31,33-36,38-39,41-43H,3-12,15-22,24,26-28H2,1-2H3,(H,37,40)/b14-13-,25-23+. The number of aliphatic hydroxyl groups is 5. The zero-order valence-corrected chi connectivity index (χ0v) is 28.4. The van der Waals surface area contributed by atoms with Crippen LogP contribution in [0, 0.1) is 0 Å². The highest BCUT2D eigenvalue weighted by molar-refractivity contribution is 5.76. The molecule has 45 heavy (non-hydrogen) atoms. The molecule has 1 saturated heterocycles. The zero-order chi connectivity index (χ0) is 33.1. The van der Waals surface area contributed by atoms with E-state index in [1.165, 1.54) is 64.2 Å². The Labute approximate surface area is 273 Å². The van der Waals surface area contributed by atoms with Crippen LogP contribution < -0.4 is 5.32 Å². The summed E-state index contributed by atoms with van der Waals surface area (Å²) in [4.78, 5) is 12.8. The van der Waals surface area contributed by atoms with E-state index in [4.69, 9.17) is 9.47 Å². The van der Waals surface area contributed by atoms with Crippen LogP contribution in [-0.4, -0.2) is 87.5 Å². The minimum atomic E-state index is -1.56. The van der Waals surface area contributed by atoms with Crippen LogP contribution in [0.4, 0.5) is 0 Å². The summed E-state index contributed by atoms with van der Waals surface area (Å²) in [6.45, 7) is 3.68. The summed E-state index contributed by atoms with van der Waals surface area (Å²) in [6, 6.07) is -0.802. The second-order valence-corrected chi connectivity index (χ2v) is 12.7. The molecule has 1 heterocycles. The van der Waals surface area contributed by atoms with Gasteiger partial charge in [-0.25, -0.2) is 0 Å². The van der Waals surface area contributed by atoms with Crippen molar-refractivity contribution in [3.05, 3.63) is 24.3 Å². The van der Waals surface area contributed by atoms with Gasteiger partial charge in [0.15, 0.2) is 6.29 Å². The molecule has 0 saturated carbocycles. The largest absolute Gasteiger partial charge is 0.394 e. The Kier molecular flexibility index (Phi) is 25.7. The Morgan fingerprint density at radius 3 is 1.82 bits per heavy atom. The number of rotatable bonds is 28. The fourth-order valence-corrected chi connectivity index (χ4v) is 5.50. The van der Waals surface area contributed by atoms with Crippen molar-refractivity contribution in [2.75, 3.05) is 13.2 Å². The first-order valence-electron chi connectivity index (χ1n) is 18.1. The first-order valence-corrected chi connectivity index (χ1v) is 18.1. The maximum Gasteiger partial charge on any atom is 0.220 e. The van der Waals surface area contributed by atoms with Gasteiger partial charge in [0.25, 0.3) is 0 Å².